The van der Waals surface area contributed by atoms with E-state index in [9.17, 15) is 0 Å². The Hall–Kier alpha value is -1.09. The van der Waals surface area contributed by atoms with Gasteiger partial charge in [-0.25, -0.2) is 0 Å². The summed E-state index contributed by atoms with van der Waals surface area (Å²) >= 11 is 0. The molecule has 14 heavy (non-hydrogen) atoms. The molecule has 0 aromatic carbocycles. The van der Waals surface area contributed by atoms with Crippen LogP contribution in [0.4, 0.5) is 0 Å². The quantitative estimate of drug-likeness (QED) is 0.772. The minimum Gasteiger partial charge on any atom is -0.496 e. The lowest BCUT2D eigenvalue weighted by Crippen LogP contribution is -2.26. The van der Waals surface area contributed by atoms with Crippen molar-refractivity contribution in [2.24, 2.45) is 0 Å². The number of rotatable bonds is 2. The van der Waals surface area contributed by atoms with Gasteiger partial charge in [-0.15, -0.1) is 0 Å². The van der Waals surface area contributed by atoms with E-state index in [-0.39, 0.29) is 0 Å². The van der Waals surface area contributed by atoms with E-state index in [1.165, 1.54) is 18.4 Å². The topological polar surface area (TPSA) is 34.1 Å². The van der Waals surface area contributed by atoms with Crippen LogP contribution in [-0.4, -0.2) is 25.2 Å². The average Bonchev–Trinajstić information content (AvgIpc) is 2.30. The molecule has 2 heterocycles. The lowest BCUT2D eigenvalue weighted by Gasteiger charge is -2.23. The summed E-state index contributed by atoms with van der Waals surface area (Å²) in [6, 6.07) is 1.94. The Morgan fingerprint density at radius 1 is 1.43 bits per heavy atom. The first-order valence-corrected chi connectivity index (χ1v) is 5.10. The minimum atomic E-state index is 0.611. The van der Waals surface area contributed by atoms with Crippen molar-refractivity contribution in [3.8, 4) is 5.75 Å². The number of ether oxygens (including phenoxy) is 1. The minimum absolute atomic E-state index is 0.611. The Bertz CT molecular complexity index is 295. The zero-order valence-corrected chi connectivity index (χ0v) is 8.49. The Morgan fingerprint density at radius 3 is 2.93 bits per heavy atom. The number of hydrogen-bond acceptors (Lipinski definition) is 3. The smallest absolute Gasteiger partial charge is 0.125 e. The molecule has 0 atom stereocenters. The van der Waals surface area contributed by atoms with E-state index in [2.05, 4.69) is 10.3 Å². The molecule has 1 aliphatic heterocycles. The van der Waals surface area contributed by atoms with Crippen LogP contribution in [0.1, 0.15) is 24.3 Å². The fraction of sp³-hybridized carbons (Fsp3) is 0.545. The van der Waals surface area contributed by atoms with Crippen molar-refractivity contribution >= 4 is 0 Å². The fourth-order valence-electron chi connectivity index (χ4n) is 2.02. The van der Waals surface area contributed by atoms with Gasteiger partial charge in [0.1, 0.15) is 5.75 Å². The number of nitrogens with one attached hydrogen (secondary N) is 1. The molecule has 1 aromatic heterocycles. The first-order valence-electron chi connectivity index (χ1n) is 5.10. The van der Waals surface area contributed by atoms with E-state index in [0.29, 0.717) is 5.92 Å². The van der Waals surface area contributed by atoms with Crippen LogP contribution >= 0.6 is 0 Å². The van der Waals surface area contributed by atoms with Gasteiger partial charge in [0.2, 0.25) is 0 Å². The second-order valence-electron chi connectivity index (χ2n) is 3.64. The van der Waals surface area contributed by atoms with Crippen molar-refractivity contribution in [2.45, 2.75) is 18.8 Å². The molecule has 1 saturated heterocycles. The van der Waals surface area contributed by atoms with Crippen molar-refractivity contribution in [2.75, 3.05) is 20.2 Å². The highest BCUT2D eigenvalue weighted by Gasteiger charge is 2.18. The summed E-state index contributed by atoms with van der Waals surface area (Å²) in [6.07, 6.45) is 6.09. The molecule has 1 aliphatic rings. The Morgan fingerprint density at radius 2 is 2.21 bits per heavy atom. The molecule has 1 aromatic rings. The SMILES string of the molecule is COc1ccncc1C1CCNCC1. The van der Waals surface area contributed by atoms with Crippen LogP contribution < -0.4 is 10.1 Å². The van der Waals surface area contributed by atoms with Gasteiger partial charge in [-0.2, -0.15) is 0 Å². The normalized spacial score (nSPS) is 18.1. The molecule has 0 spiro atoms. The molecule has 0 bridgehead atoms. The van der Waals surface area contributed by atoms with Gasteiger partial charge in [0.15, 0.2) is 0 Å². The highest BCUT2D eigenvalue weighted by molar-refractivity contribution is 5.33. The first-order chi connectivity index (χ1) is 6.92. The van der Waals surface area contributed by atoms with Crippen LogP contribution in [0.25, 0.3) is 0 Å². The van der Waals surface area contributed by atoms with E-state index >= 15 is 0 Å². The second-order valence-corrected chi connectivity index (χ2v) is 3.64. The van der Waals surface area contributed by atoms with Crippen molar-refractivity contribution < 1.29 is 4.74 Å². The number of aromatic nitrogens is 1. The van der Waals surface area contributed by atoms with Gasteiger partial charge in [0, 0.05) is 18.0 Å². The van der Waals surface area contributed by atoms with Crippen molar-refractivity contribution in [3.63, 3.8) is 0 Å². The summed E-state index contributed by atoms with van der Waals surface area (Å²) in [7, 11) is 1.72. The molecule has 0 radical (unpaired) electrons. The van der Waals surface area contributed by atoms with Gasteiger partial charge in [0.25, 0.3) is 0 Å². The lowest BCUT2D eigenvalue weighted by atomic mass is 9.91. The number of hydrogen-bond donors (Lipinski definition) is 1. The van der Waals surface area contributed by atoms with Gasteiger partial charge in [-0.05, 0) is 37.9 Å². The third-order valence-electron chi connectivity index (χ3n) is 2.81. The van der Waals surface area contributed by atoms with Gasteiger partial charge >= 0.3 is 0 Å². The fourth-order valence-corrected chi connectivity index (χ4v) is 2.02. The first kappa shape index (κ1) is 9.46. The van der Waals surface area contributed by atoms with Crippen LogP contribution in [0.2, 0.25) is 0 Å². The molecule has 1 N–H and O–H groups in total. The number of methoxy groups -OCH3 is 1. The summed E-state index contributed by atoms with van der Waals surface area (Å²) in [5, 5.41) is 3.36. The van der Waals surface area contributed by atoms with Gasteiger partial charge in [0.05, 0.1) is 7.11 Å². The number of piperidine rings is 1. The van der Waals surface area contributed by atoms with Gasteiger partial charge in [-0.3, -0.25) is 4.98 Å². The van der Waals surface area contributed by atoms with Gasteiger partial charge < -0.3 is 10.1 Å². The summed E-state index contributed by atoms with van der Waals surface area (Å²) in [5.41, 5.74) is 1.26. The predicted octanol–water partition coefficient (Wildman–Crippen LogP) is 1.56. The largest absolute Gasteiger partial charge is 0.496 e. The lowest BCUT2D eigenvalue weighted by molar-refractivity contribution is 0.390. The highest BCUT2D eigenvalue weighted by Crippen LogP contribution is 2.31. The molecule has 76 valence electrons. The Kier molecular flexibility index (Phi) is 2.99. The molecule has 3 nitrogen and oxygen atoms in total. The summed E-state index contributed by atoms with van der Waals surface area (Å²) in [4.78, 5) is 4.17. The van der Waals surface area contributed by atoms with E-state index in [1.807, 2.05) is 12.3 Å². The van der Waals surface area contributed by atoms with Crippen molar-refractivity contribution in [1.29, 1.82) is 0 Å². The summed E-state index contributed by atoms with van der Waals surface area (Å²) in [6.45, 7) is 2.20. The molecular weight excluding hydrogens is 176 g/mol. The second kappa shape index (κ2) is 4.42. The molecule has 1 fully saturated rings. The van der Waals surface area contributed by atoms with Crippen LogP contribution in [-0.2, 0) is 0 Å². The Balaban J connectivity index is 2.20. The van der Waals surface area contributed by atoms with Gasteiger partial charge in [-0.1, -0.05) is 0 Å². The van der Waals surface area contributed by atoms with Crippen molar-refractivity contribution in [3.05, 3.63) is 24.0 Å². The molecule has 2 rings (SSSR count). The predicted molar refractivity (Wildman–Crippen MR) is 55.6 cm³/mol. The van der Waals surface area contributed by atoms with E-state index in [1.54, 1.807) is 13.3 Å². The third kappa shape index (κ3) is 1.87. The maximum atomic E-state index is 5.34. The molecular formula is C11H16N2O. The van der Waals surface area contributed by atoms with Crippen LogP contribution in [0.15, 0.2) is 18.5 Å². The maximum Gasteiger partial charge on any atom is 0.125 e. The molecule has 3 heteroatoms. The Labute approximate surface area is 84.5 Å². The van der Waals surface area contributed by atoms with E-state index < -0.39 is 0 Å². The average molecular weight is 192 g/mol. The molecule has 0 unspecified atom stereocenters. The van der Waals surface area contributed by atoms with E-state index in [0.717, 1.165) is 18.8 Å². The standard InChI is InChI=1S/C11H16N2O/c1-14-11-4-7-13-8-10(11)9-2-5-12-6-3-9/h4,7-9,12H,2-3,5-6H2,1H3. The van der Waals surface area contributed by atoms with Crippen LogP contribution in [0.5, 0.6) is 5.75 Å². The van der Waals surface area contributed by atoms with Crippen molar-refractivity contribution in [1.82, 2.24) is 10.3 Å². The molecule has 0 aliphatic carbocycles. The number of pyridine rings is 1. The molecule has 0 saturated carbocycles. The molecule has 0 amide bonds. The van der Waals surface area contributed by atoms with Crippen LogP contribution in [0.3, 0.4) is 0 Å². The summed E-state index contributed by atoms with van der Waals surface area (Å²) < 4.78 is 5.34. The maximum absolute atomic E-state index is 5.34. The summed E-state index contributed by atoms with van der Waals surface area (Å²) in [5.74, 6) is 1.59. The monoisotopic (exact) mass is 192 g/mol. The highest BCUT2D eigenvalue weighted by atomic mass is 16.5. The number of nitrogens with zero attached hydrogens (tertiary/aromatic N) is 1. The zero-order valence-electron chi connectivity index (χ0n) is 8.49. The van der Waals surface area contributed by atoms with Crippen LogP contribution in [0, 0.1) is 0 Å². The van der Waals surface area contributed by atoms with E-state index in [4.69, 9.17) is 4.74 Å². The third-order valence-corrected chi connectivity index (χ3v) is 2.81. The zero-order chi connectivity index (χ0) is 9.80.